The lowest BCUT2D eigenvalue weighted by Crippen LogP contribution is -2.20. The van der Waals surface area contributed by atoms with Crippen molar-refractivity contribution in [3.05, 3.63) is 35.4 Å². The minimum atomic E-state index is -0.924. The maximum absolute atomic E-state index is 10.7. The van der Waals surface area contributed by atoms with Crippen LogP contribution in [-0.2, 0) is 13.6 Å². The quantitative estimate of drug-likeness (QED) is 0.849. The number of carboxylic acids is 1. The number of carboxylic acid groups (broad SMARTS) is 1. The van der Waals surface area contributed by atoms with Crippen LogP contribution in [0.3, 0.4) is 0 Å². The van der Waals surface area contributed by atoms with Gasteiger partial charge in [-0.05, 0) is 28.1 Å². The predicted molar refractivity (Wildman–Crippen MR) is 64.3 cm³/mol. The minimum Gasteiger partial charge on any atom is -0.478 e. The first-order valence-corrected chi connectivity index (χ1v) is 5.33. The zero-order valence-electron chi connectivity index (χ0n) is 10.1. The molecule has 0 fully saturated rings. The lowest BCUT2D eigenvalue weighted by molar-refractivity contribution is 0.0697. The van der Waals surface area contributed by atoms with E-state index in [1.165, 1.54) is 0 Å². The molecule has 0 aliphatic rings. The Morgan fingerprint density at radius 1 is 1.39 bits per heavy atom. The Morgan fingerprint density at radius 2 is 2.06 bits per heavy atom. The van der Waals surface area contributed by atoms with Gasteiger partial charge in [-0.15, -0.1) is 0 Å². The van der Waals surface area contributed by atoms with Crippen LogP contribution in [0.2, 0.25) is 0 Å². The SMILES string of the molecule is CN(Cc1ccc(C(=O)O)cc1)c1nnnn1C. The highest BCUT2D eigenvalue weighted by Crippen LogP contribution is 2.11. The largest absolute Gasteiger partial charge is 0.478 e. The summed E-state index contributed by atoms with van der Waals surface area (Å²) in [6, 6.07) is 6.73. The minimum absolute atomic E-state index is 0.279. The lowest BCUT2D eigenvalue weighted by Gasteiger charge is -2.16. The molecule has 0 amide bonds. The summed E-state index contributed by atoms with van der Waals surface area (Å²) in [7, 11) is 3.64. The van der Waals surface area contributed by atoms with E-state index in [0.717, 1.165) is 5.56 Å². The molecule has 1 aromatic heterocycles. The van der Waals surface area contributed by atoms with Crippen molar-refractivity contribution in [3.63, 3.8) is 0 Å². The average molecular weight is 247 g/mol. The summed E-state index contributed by atoms with van der Waals surface area (Å²) in [6.45, 7) is 0.605. The molecule has 0 spiro atoms. The fraction of sp³-hybridized carbons (Fsp3) is 0.273. The zero-order chi connectivity index (χ0) is 13.1. The number of tetrazole rings is 1. The van der Waals surface area contributed by atoms with Crippen molar-refractivity contribution in [2.24, 2.45) is 7.05 Å². The van der Waals surface area contributed by atoms with Crippen LogP contribution >= 0.6 is 0 Å². The van der Waals surface area contributed by atoms with Crippen LogP contribution in [-0.4, -0.2) is 38.3 Å². The number of rotatable bonds is 4. The molecule has 2 aromatic rings. The van der Waals surface area contributed by atoms with E-state index in [9.17, 15) is 4.79 Å². The molecular formula is C11H13N5O2. The molecule has 94 valence electrons. The van der Waals surface area contributed by atoms with Gasteiger partial charge in [0.2, 0.25) is 5.95 Å². The number of benzene rings is 1. The van der Waals surface area contributed by atoms with Gasteiger partial charge in [0.05, 0.1) is 5.56 Å². The molecule has 7 nitrogen and oxygen atoms in total. The van der Waals surface area contributed by atoms with Crippen LogP contribution in [0.15, 0.2) is 24.3 Å². The Kier molecular flexibility index (Phi) is 3.22. The highest BCUT2D eigenvalue weighted by molar-refractivity contribution is 5.87. The number of carbonyl (C=O) groups is 1. The fourth-order valence-electron chi connectivity index (χ4n) is 1.65. The molecule has 7 heteroatoms. The van der Waals surface area contributed by atoms with Gasteiger partial charge in [-0.2, -0.15) is 0 Å². The van der Waals surface area contributed by atoms with Gasteiger partial charge in [0.25, 0.3) is 0 Å². The molecule has 0 saturated heterocycles. The molecule has 1 heterocycles. The van der Waals surface area contributed by atoms with E-state index in [1.54, 1.807) is 36.0 Å². The van der Waals surface area contributed by atoms with Gasteiger partial charge in [-0.25, -0.2) is 9.48 Å². The second kappa shape index (κ2) is 4.82. The monoisotopic (exact) mass is 247 g/mol. The van der Waals surface area contributed by atoms with Crippen molar-refractivity contribution >= 4 is 11.9 Å². The Labute approximate surface area is 104 Å². The molecule has 0 radical (unpaired) electrons. The molecule has 1 N–H and O–H groups in total. The second-order valence-electron chi connectivity index (χ2n) is 3.96. The van der Waals surface area contributed by atoms with Crippen molar-refractivity contribution in [1.82, 2.24) is 20.2 Å². The molecule has 0 bridgehead atoms. The number of hydrogen-bond donors (Lipinski definition) is 1. The fourth-order valence-corrected chi connectivity index (χ4v) is 1.65. The normalized spacial score (nSPS) is 10.3. The van der Waals surface area contributed by atoms with Crippen molar-refractivity contribution in [2.45, 2.75) is 6.54 Å². The highest BCUT2D eigenvalue weighted by Gasteiger charge is 2.09. The van der Waals surface area contributed by atoms with Crippen molar-refractivity contribution < 1.29 is 9.90 Å². The predicted octanol–water partition coefficient (Wildman–Crippen LogP) is 0.545. The summed E-state index contributed by atoms with van der Waals surface area (Å²) in [5.41, 5.74) is 1.27. The van der Waals surface area contributed by atoms with Crippen molar-refractivity contribution in [1.29, 1.82) is 0 Å². The molecule has 0 saturated carbocycles. The Hall–Kier alpha value is -2.44. The van der Waals surface area contributed by atoms with E-state index in [2.05, 4.69) is 15.5 Å². The average Bonchev–Trinajstić information content (AvgIpc) is 2.76. The number of aromatic nitrogens is 4. The smallest absolute Gasteiger partial charge is 0.335 e. The molecule has 18 heavy (non-hydrogen) atoms. The van der Waals surface area contributed by atoms with E-state index in [4.69, 9.17) is 5.11 Å². The van der Waals surface area contributed by atoms with Gasteiger partial charge in [-0.3, -0.25) is 0 Å². The number of aryl methyl sites for hydroxylation is 1. The van der Waals surface area contributed by atoms with Crippen LogP contribution < -0.4 is 4.90 Å². The molecule has 0 unspecified atom stereocenters. The van der Waals surface area contributed by atoms with Gasteiger partial charge < -0.3 is 10.0 Å². The summed E-state index contributed by atoms with van der Waals surface area (Å²) in [5, 5.41) is 20.0. The van der Waals surface area contributed by atoms with E-state index < -0.39 is 5.97 Å². The van der Waals surface area contributed by atoms with Crippen LogP contribution in [0.4, 0.5) is 5.95 Å². The molecule has 0 atom stereocenters. The van der Waals surface area contributed by atoms with Crippen LogP contribution in [0.5, 0.6) is 0 Å². The van der Waals surface area contributed by atoms with Gasteiger partial charge in [0, 0.05) is 20.6 Å². The summed E-state index contributed by atoms with van der Waals surface area (Å²) in [4.78, 5) is 12.6. The molecule has 0 aliphatic heterocycles. The van der Waals surface area contributed by atoms with Gasteiger partial charge in [0.1, 0.15) is 0 Å². The molecule has 0 aliphatic carbocycles. The second-order valence-corrected chi connectivity index (χ2v) is 3.96. The number of nitrogens with zero attached hydrogens (tertiary/aromatic N) is 5. The highest BCUT2D eigenvalue weighted by atomic mass is 16.4. The maximum atomic E-state index is 10.7. The summed E-state index contributed by atoms with van der Waals surface area (Å²) in [5.74, 6) is -0.273. The van der Waals surface area contributed by atoms with Gasteiger partial charge >= 0.3 is 5.97 Å². The number of anilines is 1. The first-order chi connectivity index (χ1) is 8.58. The summed E-state index contributed by atoms with van der Waals surface area (Å²) < 4.78 is 1.58. The lowest BCUT2D eigenvalue weighted by atomic mass is 10.1. The maximum Gasteiger partial charge on any atom is 0.335 e. The zero-order valence-corrected chi connectivity index (χ0v) is 10.1. The Bertz CT molecular complexity index is 549. The third kappa shape index (κ3) is 2.45. The number of hydrogen-bond acceptors (Lipinski definition) is 5. The molecule has 1 aromatic carbocycles. The molecule has 2 rings (SSSR count). The standard InChI is InChI=1S/C11H13N5O2/c1-15(11-12-13-14-16(11)2)7-8-3-5-9(6-4-8)10(17)18/h3-6H,7H2,1-2H3,(H,17,18). The van der Waals surface area contributed by atoms with E-state index in [-0.39, 0.29) is 5.56 Å². The van der Waals surface area contributed by atoms with Crippen LogP contribution in [0, 0.1) is 0 Å². The first kappa shape index (κ1) is 12.0. The third-order valence-electron chi connectivity index (χ3n) is 2.56. The van der Waals surface area contributed by atoms with Gasteiger partial charge in [0.15, 0.2) is 0 Å². The van der Waals surface area contributed by atoms with E-state index in [1.807, 2.05) is 11.9 Å². The van der Waals surface area contributed by atoms with Crippen molar-refractivity contribution in [3.8, 4) is 0 Å². The van der Waals surface area contributed by atoms with Crippen LogP contribution in [0.1, 0.15) is 15.9 Å². The van der Waals surface area contributed by atoms with Gasteiger partial charge in [-0.1, -0.05) is 17.2 Å². The van der Waals surface area contributed by atoms with Crippen LogP contribution in [0.25, 0.3) is 0 Å². The molecular weight excluding hydrogens is 234 g/mol. The Morgan fingerprint density at radius 3 is 2.56 bits per heavy atom. The number of aromatic carboxylic acids is 1. The summed E-state index contributed by atoms with van der Waals surface area (Å²) in [6.07, 6.45) is 0. The summed E-state index contributed by atoms with van der Waals surface area (Å²) >= 11 is 0. The third-order valence-corrected chi connectivity index (χ3v) is 2.56. The van der Waals surface area contributed by atoms with E-state index in [0.29, 0.717) is 12.5 Å². The topological polar surface area (TPSA) is 84.1 Å². The van der Waals surface area contributed by atoms with E-state index >= 15 is 0 Å². The van der Waals surface area contributed by atoms with Crippen molar-refractivity contribution in [2.75, 3.05) is 11.9 Å². The Balaban J connectivity index is 2.10. The first-order valence-electron chi connectivity index (χ1n) is 5.33.